The highest BCUT2D eigenvalue weighted by atomic mass is 16.2. The van der Waals surface area contributed by atoms with E-state index in [9.17, 15) is 4.79 Å². The molecule has 17 heavy (non-hydrogen) atoms. The summed E-state index contributed by atoms with van der Waals surface area (Å²) in [5, 5.41) is 5.92. The van der Waals surface area contributed by atoms with Crippen LogP contribution in [0.1, 0.15) is 43.4 Å². The van der Waals surface area contributed by atoms with E-state index in [-0.39, 0.29) is 12.1 Å². The molecule has 3 nitrogen and oxygen atoms in total. The number of carbonyl (C=O) groups excluding carboxylic acids is 1. The lowest BCUT2D eigenvalue weighted by Gasteiger charge is -2.26. The summed E-state index contributed by atoms with van der Waals surface area (Å²) in [5.41, 5.74) is 2.66. The third-order valence-corrected chi connectivity index (χ3v) is 3.21. The topological polar surface area (TPSA) is 41.1 Å². The molecule has 0 bridgehead atoms. The van der Waals surface area contributed by atoms with Gasteiger partial charge in [-0.2, -0.15) is 0 Å². The summed E-state index contributed by atoms with van der Waals surface area (Å²) in [6.07, 6.45) is 4.28. The van der Waals surface area contributed by atoms with Crippen LogP contribution in [0.4, 0.5) is 4.79 Å². The molecule has 3 heteroatoms. The number of rotatable bonds is 3. The van der Waals surface area contributed by atoms with Crippen LogP contribution in [0.3, 0.4) is 0 Å². The lowest BCUT2D eigenvalue weighted by molar-refractivity contribution is 0.235. The van der Waals surface area contributed by atoms with Crippen molar-refractivity contribution in [3.8, 4) is 0 Å². The fourth-order valence-electron chi connectivity index (χ4n) is 2.35. The molecule has 0 fully saturated rings. The van der Waals surface area contributed by atoms with Gasteiger partial charge in [0.15, 0.2) is 0 Å². The Labute approximate surface area is 103 Å². The Morgan fingerprint density at radius 2 is 2.24 bits per heavy atom. The van der Waals surface area contributed by atoms with Gasteiger partial charge in [-0.05, 0) is 36.8 Å². The van der Waals surface area contributed by atoms with Crippen LogP contribution in [0.5, 0.6) is 0 Å². The lowest BCUT2D eigenvalue weighted by Crippen LogP contribution is -2.39. The van der Waals surface area contributed by atoms with Crippen molar-refractivity contribution in [1.29, 1.82) is 0 Å². The van der Waals surface area contributed by atoms with Gasteiger partial charge in [-0.1, -0.05) is 31.2 Å². The van der Waals surface area contributed by atoms with E-state index in [1.807, 2.05) is 6.07 Å². The minimum atomic E-state index is -0.0476. The van der Waals surface area contributed by atoms with Crippen molar-refractivity contribution >= 4 is 6.03 Å². The third-order valence-electron chi connectivity index (χ3n) is 3.21. The van der Waals surface area contributed by atoms with Crippen LogP contribution in [-0.2, 0) is 6.42 Å². The maximum absolute atomic E-state index is 11.7. The van der Waals surface area contributed by atoms with Crippen LogP contribution in [0, 0.1) is 0 Å². The van der Waals surface area contributed by atoms with Gasteiger partial charge in [0.2, 0.25) is 0 Å². The van der Waals surface area contributed by atoms with Crippen LogP contribution in [0.2, 0.25) is 0 Å². The third kappa shape index (κ3) is 2.99. The van der Waals surface area contributed by atoms with Gasteiger partial charge >= 0.3 is 6.03 Å². The van der Waals surface area contributed by atoms with Crippen LogP contribution < -0.4 is 10.6 Å². The van der Waals surface area contributed by atoms with E-state index in [0.717, 1.165) is 32.2 Å². The number of fused-ring (bicyclic) bond motifs is 1. The number of hydrogen-bond donors (Lipinski definition) is 2. The maximum atomic E-state index is 11.7. The van der Waals surface area contributed by atoms with Gasteiger partial charge in [0, 0.05) is 6.54 Å². The quantitative estimate of drug-likeness (QED) is 0.826. The lowest BCUT2D eigenvalue weighted by atomic mass is 9.88. The molecule has 0 aliphatic heterocycles. The van der Waals surface area contributed by atoms with Gasteiger partial charge in [0.05, 0.1) is 6.04 Å². The summed E-state index contributed by atoms with van der Waals surface area (Å²) in [5.74, 6) is 0. The standard InChI is InChI=1S/C14H20N2O/c1-2-10-15-14(17)16-13-9-5-7-11-6-3-4-8-12(11)13/h3-4,6,8,13H,2,5,7,9-10H2,1H3,(H2,15,16,17)/t13-/m1/s1. The van der Waals surface area contributed by atoms with Crippen molar-refractivity contribution in [3.05, 3.63) is 35.4 Å². The number of benzene rings is 1. The molecule has 1 aromatic carbocycles. The SMILES string of the molecule is CCCNC(=O)N[C@@H]1CCCc2ccccc21. The zero-order valence-corrected chi connectivity index (χ0v) is 10.3. The van der Waals surface area contributed by atoms with Crippen LogP contribution in [-0.4, -0.2) is 12.6 Å². The molecule has 1 atom stereocenters. The van der Waals surface area contributed by atoms with Crippen molar-refractivity contribution in [2.75, 3.05) is 6.54 Å². The molecule has 0 heterocycles. The predicted molar refractivity (Wildman–Crippen MR) is 68.9 cm³/mol. The number of nitrogens with one attached hydrogen (secondary N) is 2. The van der Waals surface area contributed by atoms with Gasteiger partial charge < -0.3 is 10.6 Å². The Morgan fingerprint density at radius 1 is 1.41 bits per heavy atom. The first kappa shape index (κ1) is 12.0. The first-order valence-electron chi connectivity index (χ1n) is 6.43. The van der Waals surface area contributed by atoms with Gasteiger partial charge in [0.25, 0.3) is 0 Å². The number of urea groups is 1. The second kappa shape index (κ2) is 5.71. The first-order chi connectivity index (χ1) is 8.31. The van der Waals surface area contributed by atoms with Crippen molar-refractivity contribution in [2.24, 2.45) is 0 Å². The van der Waals surface area contributed by atoms with E-state index in [2.05, 4.69) is 35.8 Å². The molecule has 2 rings (SSSR count). The zero-order valence-electron chi connectivity index (χ0n) is 10.3. The Morgan fingerprint density at radius 3 is 3.06 bits per heavy atom. The van der Waals surface area contributed by atoms with Crippen LogP contribution in [0.15, 0.2) is 24.3 Å². The van der Waals surface area contributed by atoms with E-state index in [1.165, 1.54) is 11.1 Å². The molecular formula is C14H20N2O. The molecule has 1 aromatic rings. The molecule has 1 aliphatic rings. The Hall–Kier alpha value is -1.51. The molecule has 2 N–H and O–H groups in total. The van der Waals surface area contributed by atoms with E-state index < -0.39 is 0 Å². The summed E-state index contributed by atoms with van der Waals surface area (Å²) in [7, 11) is 0. The predicted octanol–water partition coefficient (Wildman–Crippen LogP) is 2.77. The summed E-state index contributed by atoms with van der Waals surface area (Å²) >= 11 is 0. The van der Waals surface area contributed by atoms with E-state index in [1.54, 1.807) is 0 Å². The number of carbonyl (C=O) groups is 1. The fourth-order valence-corrected chi connectivity index (χ4v) is 2.35. The van der Waals surface area contributed by atoms with Crippen molar-refractivity contribution in [2.45, 2.75) is 38.6 Å². The van der Waals surface area contributed by atoms with Crippen molar-refractivity contribution in [1.82, 2.24) is 10.6 Å². The molecule has 0 spiro atoms. The second-order valence-electron chi connectivity index (χ2n) is 4.54. The fraction of sp³-hybridized carbons (Fsp3) is 0.500. The van der Waals surface area contributed by atoms with Crippen molar-refractivity contribution in [3.63, 3.8) is 0 Å². The Balaban J connectivity index is 2.01. The number of hydrogen-bond acceptors (Lipinski definition) is 1. The average Bonchev–Trinajstić information content (AvgIpc) is 2.37. The molecule has 0 unspecified atom stereocenters. The maximum Gasteiger partial charge on any atom is 0.315 e. The highest BCUT2D eigenvalue weighted by molar-refractivity contribution is 5.74. The van der Waals surface area contributed by atoms with Gasteiger partial charge in [0.1, 0.15) is 0 Å². The second-order valence-corrected chi connectivity index (χ2v) is 4.54. The summed E-state index contributed by atoms with van der Waals surface area (Å²) in [4.78, 5) is 11.7. The molecule has 0 radical (unpaired) electrons. The first-order valence-corrected chi connectivity index (χ1v) is 6.43. The Kier molecular flexibility index (Phi) is 4.02. The molecule has 92 valence electrons. The highest BCUT2D eigenvalue weighted by Gasteiger charge is 2.20. The van der Waals surface area contributed by atoms with Gasteiger partial charge in [-0.15, -0.1) is 0 Å². The zero-order chi connectivity index (χ0) is 12.1. The van der Waals surface area contributed by atoms with E-state index >= 15 is 0 Å². The monoisotopic (exact) mass is 232 g/mol. The summed E-state index contributed by atoms with van der Waals surface area (Å²) in [6.45, 7) is 2.79. The van der Waals surface area contributed by atoms with E-state index in [4.69, 9.17) is 0 Å². The van der Waals surface area contributed by atoms with Crippen LogP contribution >= 0.6 is 0 Å². The van der Waals surface area contributed by atoms with Gasteiger partial charge in [-0.25, -0.2) is 4.79 Å². The molecule has 0 saturated carbocycles. The van der Waals surface area contributed by atoms with Crippen LogP contribution in [0.25, 0.3) is 0 Å². The smallest absolute Gasteiger partial charge is 0.315 e. The molecule has 2 amide bonds. The largest absolute Gasteiger partial charge is 0.338 e. The van der Waals surface area contributed by atoms with E-state index in [0.29, 0.717) is 0 Å². The average molecular weight is 232 g/mol. The minimum Gasteiger partial charge on any atom is -0.338 e. The number of amides is 2. The Bertz CT molecular complexity index is 390. The molecule has 0 saturated heterocycles. The van der Waals surface area contributed by atoms with Crippen molar-refractivity contribution < 1.29 is 4.79 Å². The normalized spacial score (nSPS) is 18.3. The summed E-state index contributed by atoms with van der Waals surface area (Å²) in [6, 6.07) is 8.53. The molecule has 0 aromatic heterocycles. The summed E-state index contributed by atoms with van der Waals surface area (Å²) < 4.78 is 0. The minimum absolute atomic E-state index is 0.0476. The van der Waals surface area contributed by atoms with Gasteiger partial charge in [-0.3, -0.25) is 0 Å². The molecule has 1 aliphatic carbocycles. The highest BCUT2D eigenvalue weighted by Crippen LogP contribution is 2.29. The number of aryl methyl sites for hydroxylation is 1. The molecular weight excluding hydrogens is 212 g/mol.